The zero-order valence-corrected chi connectivity index (χ0v) is 13.2. The maximum Gasteiger partial charge on any atom is 0.256 e. The highest BCUT2D eigenvalue weighted by atomic mass is 35.5. The van der Waals surface area contributed by atoms with E-state index in [2.05, 4.69) is 0 Å². The van der Waals surface area contributed by atoms with E-state index in [1.165, 1.54) is 17.0 Å². The van der Waals surface area contributed by atoms with Gasteiger partial charge in [0.05, 0.1) is 5.56 Å². The van der Waals surface area contributed by atoms with E-state index >= 15 is 0 Å². The van der Waals surface area contributed by atoms with E-state index in [4.69, 9.17) is 23.2 Å². The number of halogens is 3. The summed E-state index contributed by atoms with van der Waals surface area (Å²) in [5.41, 5.74) is 1.57. The van der Waals surface area contributed by atoms with Crippen LogP contribution in [0.25, 0.3) is 0 Å². The van der Waals surface area contributed by atoms with E-state index in [9.17, 15) is 9.18 Å². The predicted molar refractivity (Wildman–Crippen MR) is 83.4 cm³/mol. The predicted octanol–water partition coefficient (Wildman–Crippen LogP) is 4.71. The van der Waals surface area contributed by atoms with Gasteiger partial charge < -0.3 is 4.90 Å². The number of carbonyl (C=O) groups excluding carboxylic acids is 1. The van der Waals surface area contributed by atoms with Crippen molar-refractivity contribution in [2.24, 2.45) is 0 Å². The van der Waals surface area contributed by atoms with Crippen molar-refractivity contribution in [1.29, 1.82) is 0 Å². The van der Waals surface area contributed by atoms with E-state index in [0.29, 0.717) is 10.0 Å². The third kappa shape index (κ3) is 3.74. The second kappa shape index (κ2) is 6.46. The minimum Gasteiger partial charge on any atom is -0.337 e. The van der Waals surface area contributed by atoms with Crippen LogP contribution in [0.3, 0.4) is 0 Å². The summed E-state index contributed by atoms with van der Waals surface area (Å²) in [6.45, 7) is 2.05. The quantitative estimate of drug-likeness (QED) is 0.800. The molecule has 0 fully saturated rings. The van der Waals surface area contributed by atoms with Crippen LogP contribution in [0.2, 0.25) is 10.0 Å². The normalized spacial score (nSPS) is 10.5. The van der Waals surface area contributed by atoms with Gasteiger partial charge in [0.2, 0.25) is 0 Å². The van der Waals surface area contributed by atoms with Crippen LogP contribution in [0, 0.1) is 12.7 Å². The first kappa shape index (κ1) is 15.8. The van der Waals surface area contributed by atoms with Gasteiger partial charge in [0.25, 0.3) is 5.91 Å². The smallest absolute Gasteiger partial charge is 0.256 e. The van der Waals surface area contributed by atoms with E-state index in [-0.39, 0.29) is 12.1 Å². The molecule has 2 aromatic rings. The lowest BCUT2D eigenvalue weighted by Gasteiger charge is -2.18. The molecule has 110 valence electrons. The zero-order chi connectivity index (χ0) is 15.6. The molecule has 0 aliphatic rings. The molecule has 0 heterocycles. The Labute approximate surface area is 133 Å². The Morgan fingerprint density at radius 1 is 1.19 bits per heavy atom. The molecule has 0 radical (unpaired) electrons. The molecular weight excluding hydrogens is 312 g/mol. The Balaban J connectivity index is 2.19. The molecule has 0 atom stereocenters. The summed E-state index contributed by atoms with van der Waals surface area (Å²) in [6, 6.07) is 9.61. The summed E-state index contributed by atoms with van der Waals surface area (Å²) in [5.74, 6) is -0.910. The molecule has 0 saturated carbocycles. The van der Waals surface area contributed by atoms with Gasteiger partial charge in [-0.2, -0.15) is 0 Å². The number of carbonyl (C=O) groups is 1. The van der Waals surface area contributed by atoms with E-state index in [1.54, 1.807) is 38.2 Å². The largest absolute Gasteiger partial charge is 0.337 e. The van der Waals surface area contributed by atoms with E-state index < -0.39 is 11.7 Å². The van der Waals surface area contributed by atoms with Crippen molar-refractivity contribution < 1.29 is 9.18 Å². The van der Waals surface area contributed by atoms with Crippen LogP contribution in [-0.2, 0) is 6.54 Å². The minimum absolute atomic E-state index is 0.0492. The molecule has 2 aromatic carbocycles. The Hall–Kier alpha value is -1.58. The van der Waals surface area contributed by atoms with Gasteiger partial charge >= 0.3 is 0 Å². The average molecular weight is 326 g/mol. The third-order valence-corrected chi connectivity index (χ3v) is 3.71. The monoisotopic (exact) mass is 325 g/mol. The summed E-state index contributed by atoms with van der Waals surface area (Å²) in [6.07, 6.45) is 0. The fourth-order valence-corrected chi connectivity index (χ4v) is 2.44. The zero-order valence-electron chi connectivity index (χ0n) is 11.7. The average Bonchev–Trinajstić information content (AvgIpc) is 2.41. The van der Waals surface area contributed by atoms with Crippen molar-refractivity contribution in [3.05, 3.63) is 69.0 Å². The Morgan fingerprint density at radius 2 is 1.90 bits per heavy atom. The number of aryl methyl sites for hydroxylation is 1. The van der Waals surface area contributed by atoms with Crippen molar-refractivity contribution in [2.75, 3.05) is 7.05 Å². The second-order valence-corrected chi connectivity index (χ2v) is 5.72. The highest BCUT2D eigenvalue weighted by Crippen LogP contribution is 2.22. The molecular formula is C16H14Cl2FNO. The van der Waals surface area contributed by atoms with Gasteiger partial charge in [-0.15, -0.1) is 0 Å². The Bertz CT molecular complexity index is 688. The third-order valence-electron chi connectivity index (χ3n) is 3.12. The number of hydrogen-bond donors (Lipinski definition) is 0. The molecule has 0 N–H and O–H groups in total. The molecule has 5 heteroatoms. The van der Waals surface area contributed by atoms with Gasteiger partial charge in [0, 0.05) is 23.6 Å². The molecule has 21 heavy (non-hydrogen) atoms. The Morgan fingerprint density at radius 3 is 2.52 bits per heavy atom. The van der Waals surface area contributed by atoms with Crippen LogP contribution in [0.1, 0.15) is 21.5 Å². The molecule has 1 amide bonds. The number of nitrogens with zero attached hydrogens (tertiary/aromatic N) is 1. The summed E-state index contributed by atoms with van der Waals surface area (Å²) in [7, 11) is 1.60. The minimum atomic E-state index is -0.519. The standard InChI is InChI=1S/C16H14Cl2FNO/c1-10-3-6-13(15(19)7-10)16(21)20(2)9-11-4-5-12(17)8-14(11)18/h3-8H,9H2,1-2H3. The fraction of sp³-hybridized carbons (Fsp3) is 0.188. The molecule has 0 bridgehead atoms. The van der Waals surface area contributed by atoms with Gasteiger partial charge in [-0.05, 0) is 42.3 Å². The first-order valence-corrected chi connectivity index (χ1v) is 7.09. The number of amides is 1. The van der Waals surface area contributed by atoms with Crippen molar-refractivity contribution in [1.82, 2.24) is 4.90 Å². The summed E-state index contributed by atoms with van der Waals surface area (Å²) < 4.78 is 13.8. The topological polar surface area (TPSA) is 20.3 Å². The summed E-state index contributed by atoms with van der Waals surface area (Å²) in [4.78, 5) is 13.7. The summed E-state index contributed by atoms with van der Waals surface area (Å²) >= 11 is 11.9. The summed E-state index contributed by atoms with van der Waals surface area (Å²) in [5, 5.41) is 1.01. The SMILES string of the molecule is Cc1ccc(C(=O)N(C)Cc2ccc(Cl)cc2Cl)c(F)c1. The molecule has 2 nitrogen and oxygen atoms in total. The first-order valence-electron chi connectivity index (χ1n) is 6.34. The fourth-order valence-electron chi connectivity index (χ4n) is 1.98. The lowest BCUT2D eigenvalue weighted by atomic mass is 10.1. The van der Waals surface area contributed by atoms with Crippen LogP contribution in [0.5, 0.6) is 0 Å². The highest BCUT2D eigenvalue weighted by Gasteiger charge is 2.17. The van der Waals surface area contributed by atoms with Crippen LogP contribution < -0.4 is 0 Å². The number of benzene rings is 2. The molecule has 0 spiro atoms. The lowest BCUT2D eigenvalue weighted by molar-refractivity contribution is 0.0780. The van der Waals surface area contributed by atoms with Gasteiger partial charge in [0.15, 0.2) is 0 Å². The molecule has 0 unspecified atom stereocenters. The number of hydrogen-bond acceptors (Lipinski definition) is 1. The van der Waals surface area contributed by atoms with Crippen LogP contribution in [-0.4, -0.2) is 17.9 Å². The van der Waals surface area contributed by atoms with Gasteiger partial charge in [0.1, 0.15) is 5.82 Å². The van der Waals surface area contributed by atoms with Crippen molar-refractivity contribution >= 4 is 29.1 Å². The molecule has 0 aliphatic carbocycles. The second-order valence-electron chi connectivity index (χ2n) is 4.88. The molecule has 0 aromatic heterocycles. The van der Waals surface area contributed by atoms with Gasteiger partial charge in [-0.3, -0.25) is 4.79 Å². The molecule has 0 aliphatic heterocycles. The van der Waals surface area contributed by atoms with Crippen LogP contribution in [0.15, 0.2) is 36.4 Å². The molecule has 0 saturated heterocycles. The van der Waals surface area contributed by atoms with Crippen molar-refractivity contribution in [2.45, 2.75) is 13.5 Å². The van der Waals surface area contributed by atoms with Crippen LogP contribution in [0.4, 0.5) is 4.39 Å². The van der Waals surface area contributed by atoms with E-state index in [1.807, 2.05) is 0 Å². The van der Waals surface area contributed by atoms with E-state index in [0.717, 1.165) is 11.1 Å². The maximum absolute atomic E-state index is 13.8. The van der Waals surface area contributed by atoms with Gasteiger partial charge in [-0.1, -0.05) is 35.3 Å². The van der Waals surface area contributed by atoms with Crippen molar-refractivity contribution in [3.8, 4) is 0 Å². The number of rotatable bonds is 3. The van der Waals surface area contributed by atoms with Crippen molar-refractivity contribution in [3.63, 3.8) is 0 Å². The maximum atomic E-state index is 13.8. The first-order chi connectivity index (χ1) is 9.88. The highest BCUT2D eigenvalue weighted by molar-refractivity contribution is 6.35. The Kier molecular flexibility index (Phi) is 4.86. The molecule has 2 rings (SSSR count). The van der Waals surface area contributed by atoms with Gasteiger partial charge in [-0.25, -0.2) is 4.39 Å². The van der Waals surface area contributed by atoms with Crippen LogP contribution >= 0.6 is 23.2 Å². The lowest BCUT2D eigenvalue weighted by Crippen LogP contribution is -2.27.